The van der Waals surface area contributed by atoms with Crippen LogP contribution in [0.3, 0.4) is 0 Å². The Bertz CT molecular complexity index is 1100. The van der Waals surface area contributed by atoms with Crippen molar-refractivity contribution in [3.05, 3.63) is 64.2 Å². The molecule has 1 atom stereocenters. The van der Waals surface area contributed by atoms with Crippen LogP contribution in [0.2, 0.25) is 5.02 Å². The van der Waals surface area contributed by atoms with Gasteiger partial charge >= 0.3 is 0 Å². The number of amides is 1. The first-order valence-corrected chi connectivity index (χ1v) is 11.7. The number of ketones is 1. The number of quaternary nitrogens is 1. The molecule has 180 valence electrons. The van der Waals surface area contributed by atoms with Crippen molar-refractivity contribution in [2.75, 3.05) is 46.0 Å². The summed E-state index contributed by atoms with van der Waals surface area (Å²) in [7, 11) is 0. The number of aliphatic hydroxyl groups is 1. The van der Waals surface area contributed by atoms with Crippen molar-refractivity contribution >= 4 is 29.1 Å². The van der Waals surface area contributed by atoms with Gasteiger partial charge in [0.25, 0.3) is 11.7 Å². The number of hydrogen-bond donors (Lipinski definition) is 2. The number of Topliss-reactive ketones (excluding diaryl/α,β-unsaturated/α-hetero) is 1. The van der Waals surface area contributed by atoms with Crippen LogP contribution in [0.1, 0.15) is 24.1 Å². The monoisotopic (exact) mass is 486 g/mol. The Morgan fingerprint density at radius 2 is 1.91 bits per heavy atom. The van der Waals surface area contributed by atoms with Crippen LogP contribution in [0.25, 0.3) is 5.76 Å². The lowest BCUT2D eigenvalue weighted by Crippen LogP contribution is -3.14. The molecule has 2 aromatic carbocycles. The molecule has 2 aromatic rings. The number of nitrogens with zero attached hydrogens (tertiary/aromatic N) is 1. The van der Waals surface area contributed by atoms with E-state index in [4.69, 9.17) is 21.1 Å². The molecule has 9 heteroatoms. The highest BCUT2D eigenvalue weighted by molar-refractivity contribution is 6.46. The summed E-state index contributed by atoms with van der Waals surface area (Å²) in [4.78, 5) is 29.0. The van der Waals surface area contributed by atoms with Gasteiger partial charge in [0.15, 0.2) is 0 Å². The van der Waals surface area contributed by atoms with E-state index in [0.717, 1.165) is 13.1 Å². The Morgan fingerprint density at radius 1 is 1.21 bits per heavy atom. The zero-order valence-electron chi connectivity index (χ0n) is 18.9. The molecule has 2 fully saturated rings. The zero-order chi connectivity index (χ0) is 24.2. The number of benzene rings is 2. The first kappa shape index (κ1) is 24.1. The molecular weight excluding hydrogens is 460 g/mol. The molecule has 1 unspecified atom stereocenters. The fraction of sp³-hybridized carbons (Fsp3) is 0.360. The van der Waals surface area contributed by atoms with Crippen molar-refractivity contribution in [3.63, 3.8) is 0 Å². The Balaban J connectivity index is 1.76. The van der Waals surface area contributed by atoms with E-state index in [2.05, 4.69) is 0 Å². The number of likely N-dealkylation sites (tertiary alicyclic amines) is 1. The number of halogens is 1. The van der Waals surface area contributed by atoms with Crippen LogP contribution in [0.5, 0.6) is 11.5 Å². The number of morpholine rings is 1. The fourth-order valence-corrected chi connectivity index (χ4v) is 4.50. The van der Waals surface area contributed by atoms with Gasteiger partial charge in [0.2, 0.25) is 0 Å². The SMILES string of the molecule is CCOc1cc(C2/C(=C(/O)c3ccc(Cl)cc3)C(=O)C(=O)N2CC[NH+]2CCOCC2)ccc1[O-]. The quantitative estimate of drug-likeness (QED) is 0.346. The van der Waals surface area contributed by atoms with E-state index >= 15 is 0 Å². The second kappa shape index (κ2) is 10.5. The van der Waals surface area contributed by atoms with E-state index in [1.807, 2.05) is 0 Å². The Morgan fingerprint density at radius 3 is 2.59 bits per heavy atom. The number of aliphatic hydroxyl groups excluding tert-OH is 1. The Hall–Kier alpha value is -3.07. The molecule has 2 N–H and O–H groups in total. The number of hydrogen-bond acceptors (Lipinski definition) is 6. The summed E-state index contributed by atoms with van der Waals surface area (Å²) < 4.78 is 10.9. The highest BCUT2D eigenvalue weighted by Gasteiger charge is 2.46. The molecule has 0 radical (unpaired) electrons. The van der Waals surface area contributed by atoms with Crippen LogP contribution in [-0.4, -0.2) is 67.7 Å². The first-order chi connectivity index (χ1) is 16.4. The van der Waals surface area contributed by atoms with Gasteiger partial charge in [0.1, 0.15) is 24.6 Å². The van der Waals surface area contributed by atoms with E-state index < -0.39 is 17.7 Å². The predicted molar refractivity (Wildman–Crippen MR) is 124 cm³/mol. The standard InChI is InChI=1S/C25H27ClN2O6/c1-2-34-20-15-17(5-8-19(20)29)22-21(23(30)16-3-6-18(26)7-4-16)24(31)25(32)28(22)10-9-27-11-13-33-14-12-27/h3-8,15,22,29-30H,2,9-14H2,1H3/b23-21-. The normalized spacial score (nSPS) is 20.6. The Labute approximate surface area is 202 Å². The largest absolute Gasteiger partial charge is 0.870 e. The lowest BCUT2D eigenvalue weighted by atomic mass is 9.95. The van der Waals surface area contributed by atoms with Gasteiger partial charge in [0.05, 0.1) is 44.5 Å². The topological polar surface area (TPSA) is 104 Å². The molecule has 0 bridgehead atoms. The van der Waals surface area contributed by atoms with Crippen LogP contribution in [0.4, 0.5) is 0 Å². The molecular formula is C25H27ClN2O6. The number of nitrogens with one attached hydrogen (secondary N) is 1. The van der Waals surface area contributed by atoms with Gasteiger partial charge in [-0.25, -0.2) is 0 Å². The molecule has 2 heterocycles. The highest BCUT2D eigenvalue weighted by Crippen LogP contribution is 2.41. The lowest BCUT2D eigenvalue weighted by molar-refractivity contribution is -0.907. The van der Waals surface area contributed by atoms with E-state index in [-0.39, 0.29) is 22.8 Å². The van der Waals surface area contributed by atoms with E-state index in [1.165, 1.54) is 15.9 Å². The molecule has 2 saturated heterocycles. The molecule has 8 nitrogen and oxygen atoms in total. The molecule has 0 spiro atoms. The van der Waals surface area contributed by atoms with Crippen molar-refractivity contribution in [1.29, 1.82) is 0 Å². The minimum Gasteiger partial charge on any atom is -0.870 e. The maximum atomic E-state index is 13.2. The second-order valence-corrected chi connectivity index (χ2v) is 8.69. The summed E-state index contributed by atoms with van der Waals surface area (Å²) >= 11 is 5.97. The summed E-state index contributed by atoms with van der Waals surface area (Å²) in [6.45, 7) is 5.94. The van der Waals surface area contributed by atoms with Crippen molar-refractivity contribution < 1.29 is 34.2 Å². The van der Waals surface area contributed by atoms with E-state index in [1.54, 1.807) is 43.3 Å². The average molecular weight is 487 g/mol. The van der Waals surface area contributed by atoms with Gasteiger partial charge in [-0.05, 0) is 42.8 Å². The highest BCUT2D eigenvalue weighted by atomic mass is 35.5. The van der Waals surface area contributed by atoms with Crippen molar-refractivity contribution in [3.8, 4) is 11.5 Å². The van der Waals surface area contributed by atoms with E-state index in [9.17, 15) is 19.8 Å². The third-order valence-corrected chi connectivity index (χ3v) is 6.40. The summed E-state index contributed by atoms with van der Waals surface area (Å²) in [6, 6.07) is 10.0. The van der Waals surface area contributed by atoms with Crippen LogP contribution in [0, 0.1) is 0 Å². The van der Waals surface area contributed by atoms with Crippen LogP contribution < -0.4 is 14.7 Å². The van der Waals surface area contributed by atoms with Crippen LogP contribution >= 0.6 is 11.6 Å². The van der Waals surface area contributed by atoms with Gasteiger partial charge in [-0.2, -0.15) is 0 Å². The summed E-state index contributed by atoms with van der Waals surface area (Å²) in [5.41, 5.74) is 0.872. The van der Waals surface area contributed by atoms with Crippen molar-refractivity contribution in [1.82, 2.24) is 4.90 Å². The minimum absolute atomic E-state index is 0.0228. The molecule has 0 saturated carbocycles. The van der Waals surface area contributed by atoms with Gasteiger partial charge in [-0.1, -0.05) is 29.5 Å². The van der Waals surface area contributed by atoms with Crippen molar-refractivity contribution in [2.24, 2.45) is 0 Å². The smallest absolute Gasteiger partial charge is 0.295 e. The average Bonchev–Trinajstić information content (AvgIpc) is 3.10. The van der Waals surface area contributed by atoms with E-state index in [0.29, 0.717) is 49.1 Å². The van der Waals surface area contributed by atoms with Gasteiger partial charge in [-0.3, -0.25) is 9.59 Å². The lowest BCUT2D eigenvalue weighted by Gasteiger charge is -2.29. The molecule has 2 aliphatic heterocycles. The predicted octanol–water partition coefficient (Wildman–Crippen LogP) is 1.15. The maximum Gasteiger partial charge on any atom is 0.295 e. The van der Waals surface area contributed by atoms with Crippen LogP contribution in [0.15, 0.2) is 48.0 Å². The minimum atomic E-state index is -0.851. The molecule has 0 aromatic heterocycles. The fourth-order valence-electron chi connectivity index (χ4n) is 4.37. The first-order valence-electron chi connectivity index (χ1n) is 11.3. The van der Waals surface area contributed by atoms with Crippen LogP contribution in [-0.2, 0) is 14.3 Å². The molecule has 0 aliphatic carbocycles. The summed E-state index contributed by atoms with van der Waals surface area (Å²) in [5.74, 6) is -1.89. The number of ether oxygens (including phenoxy) is 2. The molecule has 4 rings (SSSR count). The number of rotatable bonds is 7. The molecule has 2 aliphatic rings. The number of carbonyl (C=O) groups is 2. The second-order valence-electron chi connectivity index (χ2n) is 8.25. The number of carbonyl (C=O) groups excluding carboxylic acids is 2. The van der Waals surface area contributed by atoms with Gasteiger partial charge < -0.3 is 29.5 Å². The Kier molecular flexibility index (Phi) is 7.41. The van der Waals surface area contributed by atoms with Gasteiger partial charge in [0, 0.05) is 10.6 Å². The van der Waals surface area contributed by atoms with Gasteiger partial charge in [-0.15, -0.1) is 0 Å². The molecule has 1 amide bonds. The third-order valence-electron chi connectivity index (χ3n) is 6.15. The molecule has 34 heavy (non-hydrogen) atoms. The zero-order valence-corrected chi connectivity index (χ0v) is 19.6. The van der Waals surface area contributed by atoms with Crippen molar-refractivity contribution in [2.45, 2.75) is 13.0 Å². The third kappa shape index (κ3) is 4.89. The summed E-state index contributed by atoms with van der Waals surface area (Å²) in [6.07, 6.45) is 0. The summed E-state index contributed by atoms with van der Waals surface area (Å²) in [5, 5.41) is 23.8. The maximum absolute atomic E-state index is 13.2.